The van der Waals surface area contributed by atoms with Crippen molar-refractivity contribution >= 4 is 17.6 Å². The molecule has 160 valence electrons. The molecule has 0 aliphatic carbocycles. The van der Waals surface area contributed by atoms with Crippen molar-refractivity contribution in [3.8, 4) is 16.9 Å². The number of alkyl halides is 3. The van der Waals surface area contributed by atoms with Crippen molar-refractivity contribution < 1.29 is 27.1 Å². The van der Waals surface area contributed by atoms with Crippen LogP contribution in [0, 0.1) is 5.82 Å². The fraction of sp³-hybridized carbons (Fsp3) is 0.100. The molecule has 2 N–H and O–H groups in total. The SMILES string of the molecule is CN(C(=O)c1ccc(F)c(-c2cncnc2)c1)C(N)=Nc1ccc(OC(F)(F)F)cc1. The highest BCUT2D eigenvalue weighted by Gasteiger charge is 2.31. The molecule has 7 nitrogen and oxygen atoms in total. The summed E-state index contributed by atoms with van der Waals surface area (Å²) in [5.74, 6) is -1.77. The molecule has 0 spiro atoms. The molecule has 31 heavy (non-hydrogen) atoms. The number of benzene rings is 2. The molecule has 0 unspecified atom stereocenters. The number of rotatable bonds is 4. The highest BCUT2D eigenvalue weighted by molar-refractivity contribution is 6.06. The zero-order valence-electron chi connectivity index (χ0n) is 16.0. The van der Waals surface area contributed by atoms with Gasteiger partial charge in [0.25, 0.3) is 5.91 Å². The number of hydrogen-bond donors (Lipinski definition) is 1. The van der Waals surface area contributed by atoms with Crippen molar-refractivity contribution in [3.05, 3.63) is 72.6 Å². The molecule has 0 radical (unpaired) electrons. The van der Waals surface area contributed by atoms with E-state index in [4.69, 9.17) is 5.73 Å². The fourth-order valence-electron chi connectivity index (χ4n) is 2.55. The number of carbonyl (C=O) groups excluding carboxylic acids is 1. The van der Waals surface area contributed by atoms with E-state index in [1.807, 2.05) is 0 Å². The number of amides is 1. The molecule has 1 aromatic heterocycles. The number of halogens is 4. The summed E-state index contributed by atoms with van der Waals surface area (Å²) in [6, 6.07) is 8.39. The lowest BCUT2D eigenvalue weighted by Gasteiger charge is -2.17. The summed E-state index contributed by atoms with van der Waals surface area (Å²) >= 11 is 0. The first-order valence-electron chi connectivity index (χ1n) is 8.67. The summed E-state index contributed by atoms with van der Waals surface area (Å²) < 4.78 is 54.6. The normalized spacial score (nSPS) is 11.8. The van der Waals surface area contributed by atoms with Gasteiger partial charge in [0.15, 0.2) is 0 Å². The molecule has 0 fully saturated rings. The van der Waals surface area contributed by atoms with Crippen molar-refractivity contribution in [1.29, 1.82) is 0 Å². The van der Waals surface area contributed by atoms with Gasteiger partial charge in [0.05, 0.1) is 5.69 Å². The first-order valence-corrected chi connectivity index (χ1v) is 8.67. The van der Waals surface area contributed by atoms with Gasteiger partial charge in [-0.3, -0.25) is 9.69 Å². The van der Waals surface area contributed by atoms with E-state index in [1.54, 1.807) is 0 Å². The molecular formula is C20H15F4N5O2. The Morgan fingerprint density at radius 1 is 1.10 bits per heavy atom. The summed E-state index contributed by atoms with van der Waals surface area (Å²) in [7, 11) is 1.36. The molecule has 11 heteroatoms. The number of ether oxygens (including phenoxy) is 1. The van der Waals surface area contributed by atoms with Crippen LogP contribution < -0.4 is 10.5 Å². The summed E-state index contributed by atoms with van der Waals surface area (Å²) in [6.07, 6.45) is -0.698. The van der Waals surface area contributed by atoms with E-state index < -0.39 is 23.8 Å². The minimum atomic E-state index is -4.81. The molecule has 0 bridgehead atoms. The van der Waals surface area contributed by atoms with Crippen LogP contribution in [-0.2, 0) is 0 Å². The monoisotopic (exact) mass is 433 g/mol. The molecule has 1 amide bonds. The second-order valence-electron chi connectivity index (χ2n) is 6.20. The van der Waals surface area contributed by atoms with Crippen molar-refractivity contribution in [2.75, 3.05) is 7.05 Å². The minimum absolute atomic E-state index is 0.134. The molecule has 3 rings (SSSR count). The van der Waals surface area contributed by atoms with Gasteiger partial charge >= 0.3 is 6.36 Å². The topological polar surface area (TPSA) is 93.7 Å². The maximum atomic E-state index is 14.2. The van der Waals surface area contributed by atoms with Gasteiger partial charge in [0.2, 0.25) is 5.96 Å². The quantitative estimate of drug-likeness (QED) is 0.383. The van der Waals surface area contributed by atoms with Gasteiger partial charge in [-0.1, -0.05) is 0 Å². The largest absolute Gasteiger partial charge is 0.573 e. The average molecular weight is 433 g/mol. The molecule has 1 heterocycles. The van der Waals surface area contributed by atoms with E-state index in [0.29, 0.717) is 5.56 Å². The van der Waals surface area contributed by atoms with Gasteiger partial charge in [0.1, 0.15) is 17.9 Å². The number of nitrogens with two attached hydrogens (primary N) is 1. The van der Waals surface area contributed by atoms with Crippen molar-refractivity contribution in [1.82, 2.24) is 14.9 Å². The van der Waals surface area contributed by atoms with Crippen LogP contribution in [0.15, 0.2) is 66.2 Å². The molecule has 0 aliphatic rings. The maximum Gasteiger partial charge on any atom is 0.573 e. The van der Waals surface area contributed by atoms with Gasteiger partial charge in [-0.05, 0) is 42.5 Å². The molecule has 0 aliphatic heterocycles. The Morgan fingerprint density at radius 3 is 2.35 bits per heavy atom. The summed E-state index contributed by atoms with van der Waals surface area (Å²) in [6.45, 7) is 0. The Kier molecular flexibility index (Phi) is 6.14. The van der Waals surface area contributed by atoms with Gasteiger partial charge in [-0.2, -0.15) is 0 Å². The second kappa shape index (κ2) is 8.78. The van der Waals surface area contributed by atoms with Gasteiger partial charge in [0, 0.05) is 36.1 Å². The van der Waals surface area contributed by atoms with Crippen LogP contribution >= 0.6 is 0 Å². The Bertz CT molecular complexity index is 1100. The van der Waals surface area contributed by atoms with E-state index in [9.17, 15) is 22.4 Å². The number of carbonyl (C=O) groups is 1. The number of aliphatic imine (C=N–C) groups is 1. The van der Waals surface area contributed by atoms with E-state index in [0.717, 1.165) is 23.1 Å². The molecule has 3 aromatic rings. The predicted molar refractivity (Wildman–Crippen MR) is 104 cm³/mol. The van der Waals surface area contributed by atoms with Gasteiger partial charge in [-0.15, -0.1) is 13.2 Å². The molecule has 2 aromatic carbocycles. The third-order valence-corrected chi connectivity index (χ3v) is 4.05. The number of aromatic nitrogens is 2. The van der Waals surface area contributed by atoms with Crippen molar-refractivity contribution in [3.63, 3.8) is 0 Å². The van der Waals surface area contributed by atoms with Crippen LogP contribution in [0.2, 0.25) is 0 Å². The lowest BCUT2D eigenvalue weighted by atomic mass is 10.0. The highest BCUT2D eigenvalue weighted by atomic mass is 19.4. The molecule has 0 atom stereocenters. The van der Waals surface area contributed by atoms with Gasteiger partial charge < -0.3 is 10.5 Å². The van der Waals surface area contributed by atoms with Crippen LogP contribution in [0.4, 0.5) is 23.2 Å². The fourth-order valence-corrected chi connectivity index (χ4v) is 2.55. The average Bonchev–Trinajstić information content (AvgIpc) is 2.74. The Labute approximate surface area is 173 Å². The van der Waals surface area contributed by atoms with Crippen molar-refractivity contribution in [2.45, 2.75) is 6.36 Å². The van der Waals surface area contributed by atoms with E-state index in [-0.39, 0.29) is 22.8 Å². The standard InChI is InChI=1S/C20H15F4N5O2/c1-29(19(25)28-14-3-5-15(6-4-14)31-20(22,23)24)18(30)12-2-7-17(21)16(8-12)13-9-26-11-27-10-13/h2-11H,1H3,(H2,25,28). The van der Waals surface area contributed by atoms with E-state index in [1.165, 1.54) is 50.0 Å². The smallest absolute Gasteiger partial charge is 0.406 e. The number of guanidine groups is 1. The first kappa shape index (κ1) is 21.7. The van der Waals surface area contributed by atoms with Crippen LogP contribution in [0.1, 0.15) is 10.4 Å². The third-order valence-electron chi connectivity index (χ3n) is 4.05. The lowest BCUT2D eigenvalue weighted by Crippen LogP contribution is -2.38. The van der Waals surface area contributed by atoms with Gasteiger partial charge in [-0.25, -0.2) is 19.4 Å². The van der Waals surface area contributed by atoms with E-state index in [2.05, 4.69) is 19.7 Å². The van der Waals surface area contributed by atoms with Crippen LogP contribution in [-0.4, -0.2) is 40.1 Å². The van der Waals surface area contributed by atoms with E-state index >= 15 is 0 Å². The summed E-state index contributed by atoms with van der Waals surface area (Å²) in [5.41, 5.74) is 6.72. The zero-order valence-corrected chi connectivity index (χ0v) is 16.0. The highest BCUT2D eigenvalue weighted by Crippen LogP contribution is 2.25. The van der Waals surface area contributed by atoms with Crippen LogP contribution in [0.3, 0.4) is 0 Å². The zero-order chi connectivity index (χ0) is 22.6. The number of hydrogen-bond acceptors (Lipinski definition) is 5. The minimum Gasteiger partial charge on any atom is -0.406 e. The van der Waals surface area contributed by atoms with Crippen LogP contribution in [0.5, 0.6) is 5.75 Å². The Morgan fingerprint density at radius 2 is 1.74 bits per heavy atom. The maximum absolute atomic E-state index is 14.2. The second-order valence-corrected chi connectivity index (χ2v) is 6.20. The van der Waals surface area contributed by atoms with Crippen molar-refractivity contribution in [2.24, 2.45) is 10.7 Å². The summed E-state index contributed by atoms with van der Waals surface area (Å²) in [5, 5.41) is 0. The molecular weight excluding hydrogens is 418 g/mol. The van der Waals surface area contributed by atoms with Crippen LogP contribution in [0.25, 0.3) is 11.1 Å². The Balaban J connectivity index is 1.79. The molecule has 0 saturated carbocycles. The summed E-state index contributed by atoms with van der Waals surface area (Å²) in [4.78, 5) is 25.4. The molecule has 0 saturated heterocycles. The number of nitrogens with zero attached hydrogens (tertiary/aromatic N) is 4. The predicted octanol–water partition coefficient (Wildman–Crippen LogP) is 3.90. The first-order chi connectivity index (χ1) is 14.6. The Hall–Kier alpha value is -4.02. The third kappa shape index (κ3) is 5.53. The lowest BCUT2D eigenvalue weighted by molar-refractivity contribution is -0.274.